The van der Waals surface area contributed by atoms with Gasteiger partial charge in [-0.25, -0.2) is 4.98 Å². The maximum Gasteiger partial charge on any atom is 0.129 e. The number of halogens is 1. The van der Waals surface area contributed by atoms with Crippen molar-refractivity contribution >= 4 is 30.7 Å². The van der Waals surface area contributed by atoms with E-state index in [-0.39, 0.29) is 0 Å². The van der Waals surface area contributed by atoms with E-state index in [0.717, 1.165) is 22.4 Å². The molecule has 18 heavy (non-hydrogen) atoms. The minimum atomic E-state index is -1.38. The van der Waals surface area contributed by atoms with Gasteiger partial charge in [0.2, 0.25) is 0 Å². The Morgan fingerprint density at radius 2 is 1.94 bits per heavy atom. The first-order valence-corrected chi connectivity index (χ1v) is 9.81. The van der Waals surface area contributed by atoms with Gasteiger partial charge in [0.25, 0.3) is 0 Å². The first-order chi connectivity index (χ1) is 8.28. The molecule has 1 heterocycles. The van der Waals surface area contributed by atoms with Crippen LogP contribution in [-0.2, 0) is 7.05 Å². The van der Waals surface area contributed by atoms with E-state index in [1.165, 1.54) is 0 Å². The molecule has 2 aromatic rings. The summed E-state index contributed by atoms with van der Waals surface area (Å²) in [5.41, 5.74) is 6.22. The van der Waals surface area contributed by atoms with Gasteiger partial charge in [0.15, 0.2) is 0 Å². The highest BCUT2D eigenvalue weighted by molar-refractivity contribution is 6.83. The number of hydrogen-bond donors (Lipinski definition) is 0. The second-order valence-electron chi connectivity index (χ2n) is 5.54. The normalized spacial score (nSPS) is 11.4. The van der Waals surface area contributed by atoms with Crippen LogP contribution in [0.4, 0.5) is 0 Å². The van der Waals surface area contributed by atoms with E-state index in [4.69, 9.17) is 11.6 Å². The zero-order chi connectivity index (χ0) is 13.5. The molecule has 4 heteroatoms. The topological polar surface area (TPSA) is 17.8 Å². The molecule has 0 aliphatic carbocycles. The van der Waals surface area contributed by atoms with Crippen molar-refractivity contribution in [3.63, 3.8) is 0 Å². The summed E-state index contributed by atoms with van der Waals surface area (Å²) in [6.45, 7) is 8.65. The molecule has 1 aromatic heterocycles. The molecule has 1 aromatic carbocycles. The van der Waals surface area contributed by atoms with Crippen molar-refractivity contribution in [1.82, 2.24) is 9.55 Å². The SMILES string of the molecule is Cc1nc2cc(C#C[Si](C)(C)C)c(Cl)cc2n1C. The third-order valence-electron chi connectivity index (χ3n) is 2.77. The highest BCUT2D eigenvalue weighted by Gasteiger charge is 2.10. The molecule has 0 saturated heterocycles. The fraction of sp³-hybridized carbons (Fsp3) is 0.357. The fourth-order valence-electron chi connectivity index (χ4n) is 1.68. The minimum Gasteiger partial charge on any atom is -0.331 e. The molecular formula is C14H17ClN2Si. The van der Waals surface area contributed by atoms with Crippen LogP contribution in [0.2, 0.25) is 24.7 Å². The van der Waals surface area contributed by atoms with Crippen LogP contribution in [-0.4, -0.2) is 17.6 Å². The Balaban J connectivity index is 2.59. The summed E-state index contributed by atoms with van der Waals surface area (Å²) in [7, 11) is 0.613. The Kier molecular flexibility index (Phi) is 3.26. The summed E-state index contributed by atoms with van der Waals surface area (Å²) < 4.78 is 2.04. The fourth-order valence-corrected chi connectivity index (χ4v) is 2.40. The van der Waals surface area contributed by atoms with E-state index in [1.807, 2.05) is 30.7 Å². The smallest absolute Gasteiger partial charge is 0.129 e. The van der Waals surface area contributed by atoms with Crippen LogP contribution >= 0.6 is 11.6 Å². The van der Waals surface area contributed by atoms with Crippen molar-refractivity contribution in [3.8, 4) is 11.5 Å². The molecule has 0 atom stereocenters. The van der Waals surface area contributed by atoms with E-state index in [2.05, 4.69) is 36.1 Å². The van der Waals surface area contributed by atoms with Gasteiger partial charge in [-0.1, -0.05) is 37.2 Å². The van der Waals surface area contributed by atoms with Crippen molar-refractivity contribution in [2.75, 3.05) is 0 Å². The van der Waals surface area contributed by atoms with Crippen LogP contribution in [0.15, 0.2) is 12.1 Å². The molecule has 0 aliphatic rings. The molecule has 0 unspecified atom stereocenters. The second kappa shape index (κ2) is 4.45. The van der Waals surface area contributed by atoms with Gasteiger partial charge in [0, 0.05) is 12.6 Å². The van der Waals surface area contributed by atoms with Crippen molar-refractivity contribution in [2.24, 2.45) is 7.05 Å². The standard InChI is InChI=1S/C14H17ClN2Si/c1-10-16-13-8-11(6-7-18(3,4)5)12(15)9-14(13)17(10)2/h8-9H,1-5H3. The summed E-state index contributed by atoms with van der Waals surface area (Å²) in [6, 6.07) is 3.93. The Hall–Kier alpha value is -1.24. The summed E-state index contributed by atoms with van der Waals surface area (Å²) in [6.07, 6.45) is 0. The van der Waals surface area contributed by atoms with Gasteiger partial charge in [-0.3, -0.25) is 0 Å². The molecule has 0 amide bonds. The molecule has 0 spiro atoms. The summed E-state index contributed by atoms with van der Waals surface area (Å²) in [5, 5.41) is 0.705. The van der Waals surface area contributed by atoms with Crippen molar-refractivity contribution < 1.29 is 0 Å². The van der Waals surface area contributed by atoms with Gasteiger partial charge in [0.1, 0.15) is 13.9 Å². The molecule has 2 rings (SSSR count). The van der Waals surface area contributed by atoms with E-state index < -0.39 is 8.07 Å². The Bertz CT molecular complexity index is 669. The van der Waals surface area contributed by atoms with Gasteiger partial charge in [-0.05, 0) is 19.1 Å². The lowest BCUT2D eigenvalue weighted by Crippen LogP contribution is -2.16. The average Bonchev–Trinajstić information content (AvgIpc) is 2.51. The lowest BCUT2D eigenvalue weighted by atomic mass is 10.2. The number of imidazole rings is 1. The van der Waals surface area contributed by atoms with Gasteiger partial charge in [-0.2, -0.15) is 0 Å². The summed E-state index contributed by atoms with van der Waals surface area (Å²) in [5.74, 6) is 4.19. The van der Waals surface area contributed by atoms with Gasteiger partial charge < -0.3 is 4.57 Å². The molecule has 0 bridgehead atoms. The van der Waals surface area contributed by atoms with Crippen molar-refractivity contribution in [3.05, 3.63) is 28.5 Å². The molecule has 2 nitrogen and oxygen atoms in total. The van der Waals surface area contributed by atoms with Crippen LogP contribution < -0.4 is 0 Å². The Morgan fingerprint density at radius 3 is 2.56 bits per heavy atom. The number of aromatic nitrogens is 2. The van der Waals surface area contributed by atoms with Crippen LogP contribution in [0.3, 0.4) is 0 Å². The molecule has 0 N–H and O–H groups in total. The monoisotopic (exact) mass is 276 g/mol. The van der Waals surface area contributed by atoms with Crippen LogP contribution in [0.25, 0.3) is 11.0 Å². The molecule has 0 aliphatic heterocycles. The van der Waals surface area contributed by atoms with Crippen molar-refractivity contribution in [1.29, 1.82) is 0 Å². The zero-order valence-corrected chi connectivity index (χ0v) is 13.2. The van der Waals surface area contributed by atoms with E-state index >= 15 is 0 Å². The number of aryl methyl sites for hydroxylation is 2. The highest BCUT2D eigenvalue weighted by atomic mass is 35.5. The van der Waals surface area contributed by atoms with Crippen LogP contribution in [0, 0.1) is 18.4 Å². The Labute approximate surface area is 114 Å². The predicted octanol–water partition coefficient (Wildman–Crippen LogP) is 3.76. The predicted molar refractivity (Wildman–Crippen MR) is 80.7 cm³/mol. The maximum atomic E-state index is 6.29. The van der Waals surface area contributed by atoms with Gasteiger partial charge in [-0.15, -0.1) is 5.54 Å². The van der Waals surface area contributed by atoms with Crippen molar-refractivity contribution in [2.45, 2.75) is 26.6 Å². The average molecular weight is 277 g/mol. The molecule has 0 saturated carbocycles. The first kappa shape index (κ1) is 13.2. The van der Waals surface area contributed by atoms with E-state index in [9.17, 15) is 0 Å². The lowest BCUT2D eigenvalue weighted by Gasteiger charge is -2.04. The summed E-state index contributed by atoms with van der Waals surface area (Å²) in [4.78, 5) is 4.51. The van der Waals surface area contributed by atoms with Gasteiger partial charge in [0.05, 0.1) is 16.1 Å². The third kappa shape index (κ3) is 2.60. The van der Waals surface area contributed by atoms with Gasteiger partial charge >= 0.3 is 0 Å². The highest BCUT2D eigenvalue weighted by Crippen LogP contribution is 2.23. The Morgan fingerprint density at radius 1 is 1.28 bits per heavy atom. The second-order valence-corrected chi connectivity index (χ2v) is 10.7. The zero-order valence-electron chi connectivity index (χ0n) is 11.4. The molecule has 0 fully saturated rings. The minimum absolute atomic E-state index is 0.705. The lowest BCUT2D eigenvalue weighted by molar-refractivity contribution is 0.886. The van der Waals surface area contributed by atoms with Crippen LogP contribution in [0.1, 0.15) is 11.4 Å². The first-order valence-electron chi connectivity index (χ1n) is 5.94. The maximum absolute atomic E-state index is 6.29. The summed E-state index contributed by atoms with van der Waals surface area (Å²) >= 11 is 6.29. The van der Waals surface area contributed by atoms with E-state index in [0.29, 0.717) is 5.02 Å². The number of fused-ring (bicyclic) bond motifs is 1. The largest absolute Gasteiger partial charge is 0.331 e. The number of hydrogen-bond acceptors (Lipinski definition) is 1. The molecule has 0 radical (unpaired) electrons. The van der Waals surface area contributed by atoms with Crippen LogP contribution in [0.5, 0.6) is 0 Å². The number of nitrogens with zero attached hydrogens (tertiary/aromatic N) is 2. The van der Waals surface area contributed by atoms with E-state index in [1.54, 1.807) is 0 Å². The molecular weight excluding hydrogens is 260 g/mol. The third-order valence-corrected chi connectivity index (χ3v) is 3.95. The molecule has 94 valence electrons. The quantitative estimate of drug-likeness (QED) is 0.529. The number of benzene rings is 1. The number of rotatable bonds is 0.